The number of carbonyl (C=O) groups is 1. The van der Waals surface area contributed by atoms with Gasteiger partial charge in [0.15, 0.2) is 0 Å². The topological polar surface area (TPSA) is 123 Å². The lowest BCUT2D eigenvalue weighted by atomic mass is 10.1. The van der Waals surface area contributed by atoms with Crippen molar-refractivity contribution in [2.24, 2.45) is 0 Å². The Morgan fingerprint density at radius 2 is 1.85 bits per heavy atom. The normalized spacial score (nSPS) is 13.1. The summed E-state index contributed by atoms with van der Waals surface area (Å²) in [7, 11) is -3.14. The number of rotatable bonds is 8. The number of fused-ring (bicyclic) bond motifs is 1. The Morgan fingerprint density at radius 3 is 2.56 bits per heavy atom. The van der Waals surface area contributed by atoms with Gasteiger partial charge in [-0.3, -0.25) is 19.4 Å². The van der Waals surface area contributed by atoms with Gasteiger partial charge in [0.1, 0.15) is 11.5 Å². The fourth-order valence-corrected chi connectivity index (χ4v) is 5.72. The lowest BCUT2D eigenvalue weighted by Crippen LogP contribution is -2.22. The Kier molecular flexibility index (Phi) is 7.59. The molecule has 0 fully saturated rings. The highest BCUT2D eigenvalue weighted by atomic mass is 32.2. The summed E-state index contributed by atoms with van der Waals surface area (Å²) in [5, 5.41) is 7.89. The molecule has 0 spiro atoms. The van der Waals surface area contributed by atoms with E-state index in [-0.39, 0.29) is 23.6 Å². The number of hydrogen-bond acceptors (Lipinski definition) is 7. The minimum absolute atomic E-state index is 0.0167. The van der Waals surface area contributed by atoms with E-state index < -0.39 is 9.73 Å². The van der Waals surface area contributed by atoms with Crippen molar-refractivity contribution in [2.45, 2.75) is 50.3 Å². The average Bonchev–Trinajstić information content (AvgIpc) is 3.39. The standard InChI is InChI=1S/C31H32N6O3S/c1-21-15-22(16-30(38)36-24-18-35-37(19-24)31(2,3)4)8-11-28(21)40-29-12-14-34-27-10-9-25(17-26(27)29)41(32,39)20-23-7-5-6-13-33-23/h5-15,17-19,32H,16,20H2,1-4H3,(H,36,38)/t41-/m1/s1. The lowest BCUT2D eigenvalue weighted by Gasteiger charge is -2.18. The van der Waals surface area contributed by atoms with Gasteiger partial charge in [0.2, 0.25) is 5.91 Å². The van der Waals surface area contributed by atoms with E-state index in [0.717, 1.165) is 11.1 Å². The molecule has 2 aromatic carbocycles. The van der Waals surface area contributed by atoms with Gasteiger partial charge in [0.25, 0.3) is 0 Å². The monoisotopic (exact) mass is 568 g/mol. The molecule has 1 amide bonds. The van der Waals surface area contributed by atoms with Gasteiger partial charge in [-0.25, -0.2) is 8.99 Å². The molecule has 41 heavy (non-hydrogen) atoms. The van der Waals surface area contributed by atoms with Crippen LogP contribution in [0.1, 0.15) is 37.6 Å². The van der Waals surface area contributed by atoms with E-state index in [9.17, 15) is 9.00 Å². The van der Waals surface area contributed by atoms with Gasteiger partial charge < -0.3 is 10.1 Å². The van der Waals surface area contributed by atoms with Gasteiger partial charge in [-0.15, -0.1) is 0 Å². The first-order chi connectivity index (χ1) is 19.5. The summed E-state index contributed by atoms with van der Waals surface area (Å²) in [5.41, 5.74) is 3.46. The maximum absolute atomic E-state index is 13.3. The number of aromatic nitrogens is 4. The second kappa shape index (κ2) is 11.1. The first kappa shape index (κ1) is 28.0. The number of nitrogens with zero attached hydrogens (tertiary/aromatic N) is 4. The number of benzene rings is 2. The van der Waals surface area contributed by atoms with Crippen LogP contribution in [0.15, 0.2) is 90.3 Å². The molecule has 2 N–H and O–H groups in total. The third-order valence-corrected chi connectivity index (χ3v) is 8.23. The van der Waals surface area contributed by atoms with Crippen LogP contribution in [-0.2, 0) is 32.2 Å². The maximum atomic E-state index is 13.3. The zero-order chi connectivity index (χ0) is 29.2. The van der Waals surface area contributed by atoms with E-state index in [4.69, 9.17) is 9.52 Å². The molecule has 0 radical (unpaired) electrons. The zero-order valence-corrected chi connectivity index (χ0v) is 24.2. The second-order valence-corrected chi connectivity index (χ2v) is 13.0. The predicted molar refractivity (Wildman–Crippen MR) is 160 cm³/mol. The van der Waals surface area contributed by atoms with Gasteiger partial charge in [-0.05, 0) is 81.3 Å². The summed E-state index contributed by atoms with van der Waals surface area (Å²) in [5.74, 6) is 1.04. The molecule has 0 aliphatic rings. The molecule has 0 saturated heterocycles. The quantitative estimate of drug-likeness (QED) is 0.221. The Labute approximate surface area is 239 Å². The smallest absolute Gasteiger partial charge is 0.228 e. The molecule has 0 aliphatic carbocycles. The molecule has 10 heteroatoms. The van der Waals surface area contributed by atoms with Gasteiger partial charge >= 0.3 is 0 Å². The Morgan fingerprint density at radius 1 is 1.02 bits per heavy atom. The highest BCUT2D eigenvalue weighted by Gasteiger charge is 2.17. The number of carbonyl (C=O) groups excluding carboxylic acids is 1. The first-order valence-electron chi connectivity index (χ1n) is 13.2. The van der Waals surface area contributed by atoms with Crippen LogP contribution in [0.5, 0.6) is 11.5 Å². The van der Waals surface area contributed by atoms with E-state index in [1.54, 1.807) is 55.0 Å². The Hall–Kier alpha value is -4.57. The van der Waals surface area contributed by atoms with Crippen molar-refractivity contribution in [2.75, 3.05) is 5.32 Å². The molecule has 5 rings (SSSR count). The lowest BCUT2D eigenvalue weighted by molar-refractivity contribution is -0.115. The van der Waals surface area contributed by atoms with E-state index in [0.29, 0.717) is 38.7 Å². The SMILES string of the molecule is Cc1cc(CC(=O)Nc2cnn(C(C)(C)C)c2)ccc1Oc1ccnc2ccc([S@](=N)(=O)Cc3ccccn3)cc12. The number of anilines is 1. The van der Waals surface area contributed by atoms with Gasteiger partial charge in [-0.2, -0.15) is 5.10 Å². The number of hydrogen-bond donors (Lipinski definition) is 2. The van der Waals surface area contributed by atoms with Gasteiger partial charge in [0, 0.05) is 28.9 Å². The minimum Gasteiger partial charge on any atom is -0.456 e. The molecule has 0 bridgehead atoms. The maximum Gasteiger partial charge on any atom is 0.228 e. The van der Waals surface area contributed by atoms with Gasteiger partial charge in [0.05, 0.1) is 50.5 Å². The largest absolute Gasteiger partial charge is 0.456 e. The Bertz CT molecular complexity index is 1830. The average molecular weight is 569 g/mol. The molecule has 0 aliphatic heterocycles. The van der Waals surface area contributed by atoms with E-state index in [2.05, 4.69) is 20.4 Å². The highest BCUT2D eigenvalue weighted by Crippen LogP contribution is 2.33. The molecule has 9 nitrogen and oxygen atoms in total. The van der Waals surface area contributed by atoms with Crippen molar-refractivity contribution in [3.05, 3.63) is 102 Å². The molecule has 0 saturated carbocycles. The summed E-state index contributed by atoms with van der Waals surface area (Å²) in [6.07, 6.45) is 6.95. The van der Waals surface area contributed by atoms with Crippen LogP contribution < -0.4 is 10.1 Å². The summed E-state index contributed by atoms with van der Waals surface area (Å²) >= 11 is 0. The van der Waals surface area contributed by atoms with Gasteiger partial charge in [-0.1, -0.05) is 18.2 Å². The molecule has 3 aromatic heterocycles. The Balaban J connectivity index is 1.32. The summed E-state index contributed by atoms with van der Waals surface area (Å²) < 4.78 is 30.0. The van der Waals surface area contributed by atoms with Crippen LogP contribution >= 0.6 is 0 Å². The number of aryl methyl sites for hydroxylation is 1. The third kappa shape index (κ3) is 6.60. The fourth-order valence-electron chi connectivity index (χ4n) is 4.37. The van der Waals surface area contributed by atoms with Crippen LogP contribution in [0.4, 0.5) is 5.69 Å². The second-order valence-electron chi connectivity index (χ2n) is 10.9. The molecular weight excluding hydrogens is 536 g/mol. The van der Waals surface area contributed by atoms with Crippen LogP contribution in [0.2, 0.25) is 0 Å². The fraction of sp³-hybridized carbons (Fsp3) is 0.226. The third-order valence-electron chi connectivity index (χ3n) is 6.51. The number of ether oxygens (including phenoxy) is 1. The summed E-state index contributed by atoms with van der Waals surface area (Å²) in [6, 6.07) is 17.9. The first-order valence-corrected chi connectivity index (χ1v) is 14.9. The van der Waals surface area contributed by atoms with E-state index in [1.165, 1.54) is 0 Å². The molecule has 3 heterocycles. The minimum atomic E-state index is -3.14. The highest BCUT2D eigenvalue weighted by molar-refractivity contribution is 7.91. The zero-order valence-electron chi connectivity index (χ0n) is 23.4. The van der Waals surface area contributed by atoms with Crippen LogP contribution in [0.25, 0.3) is 10.9 Å². The summed E-state index contributed by atoms with van der Waals surface area (Å²) in [6.45, 7) is 8.05. The number of amides is 1. The van der Waals surface area contributed by atoms with Crippen molar-refractivity contribution in [3.8, 4) is 11.5 Å². The predicted octanol–water partition coefficient (Wildman–Crippen LogP) is 6.47. The molecule has 210 valence electrons. The summed E-state index contributed by atoms with van der Waals surface area (Å²) in [4.78, 5) is 21.7. The molecule has 5 aromatic rings. The molecular formula is C31H32N6O3S. The van der Waals surface area contributed by atoms with Crippen molar-refractivity contribution < 1.29 is 13.7 Å². The molecule has 0 unspecified atom stereocenters. The van der Waals surface area contributed by atoms with Crippen molar-refractivity contribution in [1.29, 1.82) is 4.78 Å². The van der Waals surface area contributed by atoms with E-state index >= 15 is 0 Å². The van der Waals surface area contributed by atoms with Crippen LogP contribution in [-0.4, -0.2) is 29.9 Å². The van der Waals surface area contributed by atoms with Crippen molar-refractivity contribution in [3.63, 3.8) is 0 Å². The number of nitrogens with one attached hydrogen (secondary N) is 2. The number of pyridine rings is 2. The van der Waals surface area contributed by atoms with E-state index in [1.807, 2.05) is 62.8 Å². The van der Waals surface area contributed by atoms with Crippen LogP contribution in [0.3, 0.4) is 0 Å². The van der Waals surface area contributed by atoms with Crippen molar-refractivity contribution >= 4 is 32.2 Å². The van der Waals surface area contributed by atoms with Crippen molar-refractivity contribution in [1.82, 2.24) is 19.7 Å². The van der Waals surface area contributed by atoms with Crippen LogP contribution in [0, 0.1) is 11.7 Å². The molecule has 1 atom stereocenters.